The van der Waals surface area contributed by atoms with Gasteiger partial charge in [-0.3, -0.25) is 14.5 Å². The van der Waals surface area contributed by atoms with Gasteiger partial charge in [0.2, 0.25) is 0 Å². The number of ether oxygens (including phenoxy) is 2. The summed E-state index contributed by atoms with van der Waals surface area (Å²) >= 11 is 6.16. The average molecular weight is 490 g/mol. The third kappa shape index (κ3) is 5.55. The largest absolute Gasteiger partial charge is 0.495 e. The van der Waals surface area contributed by atoms with E-state index in [0.717, 1.165) is 5.56 Å². The molecule has 0 atom stereocenters. The predicted molar refractivity (Wildman–Crippen MR) is 127 cm³/mol. The van der Waals surface area contributed by atoms with E-state index in [1.165, 1.54) is 37.3 Å². The van der Waals surface area contributed by atoms with E-state index in [4.69, 9.17) is 21.1 Å². The lowest BCUT2D eigenvalue weighted by Gasteiger charge is -2.19. The van der Waals surface area contributed by atoms with Gasteiger partial charge in [0, 0.05) is 37.6 Å². The van der Waals surface area contributed by atoms with Crippen molar-refractivity contribution in [3.63, 3.8) is 0 Å². The van der Waals surface area contributed by atoms with E-state index < -0.39 is 10.0 Å². The minimum atomic E-state index is -4.06. The Balaban J connectivity index is 1.91. The van der Waals surface area contributed by atoms with Crippen LogP contribution in [0.5, 0.6) is 11.5 Å². The number of nitrogens with one attached hydrogen (secondary N) is 1. The van der Waals surface area contributed by atoms with Crippen molar-refractivity contribution in [3.8, 4) is 11.5 Å². The van der Waals surface area contributed by atoms with Crippen molar-refractivity contribution < 1.29 is 22.7 Å². The Bertz CT molecular complexity index is 1270. The number of anilines is 1. The summed E-state index contributed by atoms with van der Waals surface area (Å²) in [5.41, 5.74) is 1.78. The molecule has 0 aliphatic heterocycles. The van der Waals surface area contributed by atoms with Crippen LogP contribution in [0.2, 0.25) is 5.02 Å². The molecule has 0 radical (unpaired) electrons. The van der Waals surface area contributed by atoms with E-state index in [2.05, 4.69) is 9.71 Å². The normalized spacial score (nSPS) is 11.1. The van der Waals surface area contributed by atoms with Gasteiger partial charge in [-0.15, -0.1) is 0 Å². The molecule has 2 aromatic carbocycles. The molecule has 3 rings (SSSR count). The third-order valence-corrected chi connectivity index (χ3v) is 6.76. The molecule has 1 aromatic heterocycles. The van der Waals surface area contributed by atoms with E-state index in [0.29, 0.717) is 17.9 Å². The van der Waals surface area contributed by atoms with Gasteiger partial charge in [0.25, 0.3) is 15.9 Å². The van der Waals surface area contributed by atoms with Crippen molar-refractivity contribution in [2.45, 2.75) is 18.4 Å². The van der Waals surface area contributed by atoms with Crippen molar-refractivity contribution in [3.05, 3.63) is 76.6 Å². The average Bonchev–Trinajstić information content (AvgIpc) is 2.79. The molecular weight excluding hydrogens is 466 g/mol. The lowest BCUT2D eigenvalue weighted by molar-refractivity contribution is 0.0785. The third-order valence-electron chi connectivity index (χ3n) is 4.96. The molecule has 0 aliphatic carbocycles. The first-order valence-corrected chi connectivity index (χ1v) is 11.7. The molecule has 0 saturated heterocycles. The quantitative estimate of drug-likeness (QED) is 0.511. The molecule has 8 nitrogen and oxygen atoms in total. The first-order valence-electron chi connectivity index (χ1n) is 9.85. The molecule has 33 heavy (non-hydrogen) atoms. The second-order valence-electron chi connectivity index (χ2n) is 7.29. The van der Waals surface area contributed by atoms with Crippen LogP contribution in [0.15, 0.2) is 59.8 Å². The molecular formula is C23H24ClN3O5S. The number of hydrogen-bond donors (Lipinski definition) is 1. The van der Waals surface area contributed by atoms with Crippen molar-refractivity contribution in [1.29, 1.82) is 0 Å². The maximum absolute atomic E-state index is 13.2. The van der Waals surface area contributed by atoms with Crippen molar-refractivity contribution >= 4 is 33.2 Å². The lowest BCUT2D eigenvalue weighted by atomic mass is 10.1. The molecule has 0 fully saturated rings. The monoisotopic (exact) mass is 489 g/mol. The Morgan fingerprint density at radius 3 is 2.36 bits per heavy atom. The standard InChI is InChI=1S/C23H24ClN3O5S/c1-15-5-6-17(23(28)27(2)14-16-7-9-25-10-8-16)11-22(15)33(29,30)26-19-12-18(24)20(31-3)13-21(19)32-4/h5-13,26H,14H2,1-4H3. The van der Waals surface area contributed by atoms with Gasteiger partial charge in [0.05, 0.1) is 29.8 Å². The van der Waals surface area contributed by atoms with Crippen LogP contribution < -0.4 is 14.2 Å². The maximum atomic E-state index is 13.2. The summed E-state index contributed by atoms with van der Waals surface area (Å²) in [5.74, 6) is 0.271. The molecule has 1 amide bonds. The number of pyridine rings is 1. The molecule has 3 aromatic rings. The fourth-order valence-corrected chi connectivity index (χ4v) is 4.79. The zero-order valence-corrected chi connectivity index (χ0v) is 20.2. The van der Waals surface area contributed by atoms with Crippen molar-refractivity contribution in [2.24, 2.45) is 0 Å². The number of aryl methyl sites for hydroxylation is 1. The Kier molecular flexibility index (Phi) is 7.45. The summed E-state index contributed by atoms with van der Waals surface area (Å²) in [5, 5.41) is 0.217. The molecule has 0 bridgehead atoms. The number of halogens is 1. The van der Waals surface area contributed by atoms with Gasteiger partial charge in [0.1, 0.15) is 11.5 Å². The molecule has 0 aliphatic rings. The highest BCUT2D eigenvalue weighted by atomic mass is 35.5. The van der Waals surface area contributed by atoms with Crippen molar-refractivity contribution in [1.82, 2.24) is 9.88 Å². The minimum absolute atomic E-state index is 0.0281. The van der Waals surface area contributed by atoms with E-state index in [-0.39, 0.29) is 32.8 Å². The number of carbonyl (C=O) groups excluding carboxylic acids is 1. The molecule has 1 N–H and O–H groups in total. The molecule has 0 saturated carbocycles. The summed E-state index contributed by atoms with van der Waals surface area (Å²) in [6.07, 6.45) is 3.30. The van der Waals surface area contributed by atoms with Gasteiger partial charge in [-0.05, 0) is 48.4 Å². The first-order chi connectivity index (χ1) is 15.7. The zero-order valence-electron chi connectivity index (χ0n) is 18.6. The van der Waals surface area contributed by atoms with Crippen LogP contribution in [-0.4, -0.2) is 45.5 Å². The number of carbonyl (C=O) groups is 1. The van der Waals surface area contributed by atoms with Gasteiger partial charge < -0.3 is 14.4 Å². The van der Waals surface area contributed by atoms with Gasteiger partial charge in [-0.1, -0.05) is 17.7 Å². The zero-order chi connectivity index (χ0) is 24.2. The number of sulfonamides is 1. The molecule has 1 heterocycles. The SMILES string of the molecule is COc1cc(OC)c(NS(=O)(=O)c2cc(C(=O)N(C)Cc3ccncc3)ccc2C)cc1Cl. The predicted octanol–water partition coefficient (Wildman–Crippen LogP) is 4.13. The highest BCUT2D eigenvalue weighted by Crippen LogP contribution is 2.37. The Morgan fingerprint density at radius 1 is 1.06 bits per heavy atom. The van der Waals surface area contributed by atoms with Crippen LogP contribution in [0.4, 0.5) is 5.69 Å². The second kappa shape index (κ2) is 10.1. The van der Waals surface area contributed by atoms with Crippen LogP contribution in [-0.2, 0) is 16.6 Å². The van der Waals surface area contributed by atoms with Crippen molar-refractivity contribution in [2.75, 3.05) is 26.0 Å². The molecule has 174 valence electrons. The number of hydrogen-bond acceptors (Lipinski definition) is 6. The summed E-state index contributed by atoms with van der Waals surface area (Å²) in [7, 11) is 0.443. The fourth-order valence-electron chi connectivity index (χ4n) is 3.22. The van der Waals surface area contributed by atoms with E-state index >= 15 is 0 Å². The van der Waals surface area contributed by atoms with Gasteiger partial charge in [-0.25, -0.2) is 8.42 Å². The Labute approximate surface area is 198 Å². The van der Waals surface area contributed by atoms with Crippen LogP contribution in [0.25, 0.3) is 0 Å². The van der Waals surface area contributed by atoms with Gasteiger partial charge in [0.15, 0.2) is 0 Å². The molecule has 0 unspecified atom stereocenters. The first kappa shape index (κ1) is 24.3. The smallest absolute Gasteiger partial charge is 0.262 e. The summed E-state index contributed by atoms with van der Waals surface area (Å²) in [6, 6.07) is 11.1. The maximum Gasteiger partial charge on any atom is 0.262 e. The Hall–Kier alpha value is -3.30. The second-order valence-corrected chi connectivity index (χ2v) is 9.35. The number of aromatic nitrogens is 1. The topological polar surface area (TPSA) is 97.8 Å². The summed E-state index contributed by atoms with van der Waals surface area (Å²) in [4.78, 5) is 18.4. The highest BCUT2D eigenvalue weighted by molar-refractivity contribution is 7.92. The fraction of sp³-hybridized carbons (Fsp3) is 0.217. The minimum Gasteiger partial charge on any atom is -0.495 e. The van der Waals surface area contributed by atoms with Crippen LogP contribution in [0.3, 0.4) is 0 Å². The van der Waals surface area contributed by atoms with E-state index in [9.17, 15) is 13.2 Å². The highest BCUT2D eigenvalue weighted by Gasteiger charge is 2.23. The van der Waals surface area contributed by atoms with Gasteiger partial charge >= 0.3 is 0 Å². The number of nitrogens with zero attached hydrogens (tertiary/aromatic N) is 2. The van der Waals surface area contributed by atoms with E-state index in [1.807, 2.05) is 12.1 Å². The number of methoxy groups -OCH3 is 2. The number of rotatable bonds is 8. The lowest BCUT2D eigenvalue weighted by Crippen LogP contribution is -2.26. The van der Waals surface area contributed by atoms with E-state index in [1.54, 1.807) is 38.5 Å². The van der Waals surface area contributed by atoms with Crippen LogP contribution >= 0.6 is 11.6 Å². The molecule has 10 heteroatoms. The Morgan fingerprint density at radius 2 is 1.73 bits per heavy atom. The molecule has 0 spiro atoms. The van der Waals surface area contributed by atoms with Crippen LogP contribution in [0.1, 0.15) is 21.5 Å². The summed E-state index contributed by atoms with van der Waals surface area (Å²) in [6.45, 7) is 2.01. The number of amides is 1. The van der Waals surface area contributed by atoms with Crippen LogP contribution in [0, 0.1) is 6.92 Å². The summed E-state index contributed by atoms with van der Waals surface area (Å²) < 4.78 is 39.4. The van der Waals surface area contributed by atoms with Gasteiger partial charge in [-0.2, -0.15) is 0 Å². The number of benzene rings is 2.